The van der Waals surface area contributed by atoms with Gasteiger partial charge in [0.1, 0.15) is 5.69 Å². The highest BCUT2D eigenvalue weighted by Gasteiger charge is 2.20. The van der Waals surface area contributed by atoms with Gasteiger partial charge in [-0.2, -0.15) is 10.2 Å². The van der Waals surface area contributed by atoms with E-state index >= 15 is 0 Å². The summed E-state index contributed by atoms with van der Waals surface area (Å²) >= 11 is 8.21. The second-order valence-corrected chi connectivity index (χ2v) is 6.01. The smallest absolute Gasteiger partial charge is 0.275 e. The molecule has 0 aromatic carbocycles. The molecule has 0 saturated heterocycles. The van der Waals surface area contributed by atoms with Crippen LogP contribution in [0.25, 0.3) is 0 Å². The molecule has 2 aromatic rings. The van der Waals surface area contributed by atoms with Crippen molar-refractivity contribution < 1.29 is 4.79 Å². The minimum Gasteiger partial charge on any atom is -0.334 e. The Morgan fingerprint density at radius 2 is 2.15 bits per heavy atom. The van der Waals surface area contributed by atoms with Crippen LogP contribution in [0.15, 0.2) is 12.4 Å². The van der Waals surface area contributed by atoms with Crippen molar-refractivity contribution in [2.24, 2.45) is 7.05 Å². The fourth-order valence-corrected chi connectivity index (χ4v) is 2.74. The highest BCUT2D eigenvalue weighted by molar-refractivity contribution is 14.1. The maximum Gasteiger partial charge on any atom is 0.275 e. The molecule has 8 heteroatoms. The van der Waals surface area contributed by atoms with Crippen LogP contribution in [0.1, 0.15) is 23.1 Å². The molecule has 0 unspecified atom stereocenters. The predicted octanol–water partition coefficient (Wildman–Crippen LogP) is 2.17. The quantitative estimate of drug-likeness (QED) is 0.730. The van der Waals surface area contributed by atoms with Gasteiger partial charge in [-0.1, -0.05) is 11.6 Å². The first kappa shape index (κ1) is 15.3. The van der Waals surface area contributed by atoms with Crippen LogP contribution < -0.4 is 0 Å². The van der Waals surface area contributed by atoms with Crippen LogP contribution in [-0.4, -0.2) is 37.4 Å². The molecule has 0 aliphatic heterocycles. The van der Waals surface area contributed by atoms with Gasteiger partial charge in [-0.05, 0) is 29.5 Å². The summed E-state index contributed by atoms with van der Waals surface area (Å²) in [7, 11) is 3.51. The van der Waals surface area contributed by atoms with Gasteiger partial charge < -0.3 is 4.90 Å². The number of aryl methyl sites for hydroxylation is 2. The van der Waals surface area contributed by atoms with Gasteiger partial charge in [-0.3, -0.25) is 14.2 Å². The molecule has 0 N–H and O–H groups in total. The minimum atomic E-state index is -0.142. The van der Waals surface area contributed by atoms with Gasteiger partial charge in [-0.15, -0.1) is 0 Å². The molecule has 0 radical (unpaired) electrons. The zero-order valence-electron chi connectivity index (χ0n) is 11.5. The van der Waals surface area contributed by atoms with E-state index in [9.17, 15) is 4.79 Å². The third-order valence-corrected chi connectivity index (χ3v) is 3.94. The second-order valence-electron chi connectivity index (χ2n) is 4.44. The summed E-state index contributed by atoms with van der Waals surface area (Å²) in [5.74, 6) is -0.142. The largest absolute Gasteiger partial charge is 0.334 e. The van der Waals surface area contributed by atoms with Crippen molar-refractivity contribution in [1.29, 1.82) is 0 Å². The molecule has 0 aliphatic carbocycles. The van der Waals surface area contributed by atoms with Gasteiger partial charge >= 0.3 is 0 Å². The maximum absolute atomic E-state index is 12.3. The lowest BCUT2D eigenvalue weighted by Gasteiger charge is -2.14. The zero-order chi connectivity index (χ0) is 14.9. The molecule has 1 amide bonds. The number of aromatic nitrogens is 4. The summed E-state index contributed by atoms with van der Waals surface area (Å²) in [5.41, 5.74) is 1.14. The molecule has 6 nitrogen and oxygen atoms in total. The lowest BCUT2D eigenvalue weighted by atomic mass is 10.3. The molecule has 0 atom stereocenters. The summed E-state index contributed by atoms with van der Waals surface area (Å²) < 4.78 is 4.20. The highest BCUT2D eigenvalue weighted by atomic mass is 127. The summed E-state index contributed by atoms with van der Waals surface area (Å²) in [6, 6.07) is 0. The van der Waals surface area contributed by atoms with E-state index in [-0.39, 0.29) is 5.91 Å². The number of halogens is 2. The van der Waals surface area contributed by atoms with Crippen LogP contribution in [0.4, 0.5) is 0 Å². The first-order valence-electron chi connectivity index (χ1n) is 6.08. The van der Waals surface area contributed by atoms with Crippen LogP contribution in [-0.2, 0) is 20.1 Å². The predicted molar refractivity (Wildman–Crippen MR) is 84.6 cm³/mol. The molecule has 2 rings (SSSR count). The lowest BCUT2D eigenvalue weighted by Crippen LogP contribution is -2.27. The molecule has 0 spiro atoms. The lowest BCUT2D eigenvalue weighted by molar-refractivity contribution is 0.0775. The number of nitrogens with zero attached hydrogens (tertiary/aromatic N) is 5. The fraction of sp³-hybridized carbons (Fsp3) is 0.417. The van der Waals surface area contributed by atoms with Gasteiger partial charge in [0.2, 0.25) is 0 Å². The van der Waals surface area contributed by atoms with Gasteiger partial charge in [0.25, 0.3) is 5.91 Å². The van der Waals surface area contributed by atoms with Crippen molar-refractivity contribution in [3.8, 4) is 0 Å². The normalized spacial score (nSPS) is 10.8. The number of hydrogen-bond donors (Lipinski definition) is 0. The Kier molecular flexibility index (Phi) is 4.69. The zero-order valence-corrected chi connectivity index (χ0v) is 14.4. The van der Waals surface area contributed by atoms with Crippen molar-refractivity contribution in [2.75, 3.05) is 7.05 Å². The number of carbonyl (C=O) groups excluding carboxylic acids is 1. The number of carbonyl (C=O) groups is 1. The van der Waals surface area contributed by atoms with E-state index < -0.39 is 0 Å². The van der Waals surface area contributed by atoms with E-state index in [4.69, 9.17) is 11.6 Å². The van der Waals surface area contributed by atoms with Crippen LogP contribution in [0, 0.1) is 3.57 Å². The fourth-order valence-electron chi connectivity index (χ4n) is 1.79. The third-order valence-electron chi connectivity index (χ3n) is 2.83. The average Bonchev–Trinajstić information content (AvgIpc) is 2.91. The van der Waals surface area contributed by atoms with Crippen LogP contribution in [0.2, 0.25) is 5.02 Å². The summed E-state index contributed by atoms with van der Waals surface area (Å²) in [5, 5.41) is 9.08. The van der Waals surface area contributed by atoms with Crippen molar-refractivity contribution in [2.45, 2.75) is 20.0 Å². The molecule has 2 heterocycles. The van der Waals surface area contributed by atoms with Gasteiger partial charge in [0, 0.05) is 33.0 Å². The molecular formula is C12H15ClIN5O. The van der Waals surface area contributed by atoms with Crippen LogP contribution >= 0.6 is 34.2 Å². The van der Waals surface area contributed by atoms with Crippen molar-refractivity contribution in [1.82, 2.24) is 24.5 Å². The van der Waals surface area contributed by atoms with Crippen molar-refractivity contribution >= 4 is 40.1 Å². The number of rotatable bonds is 4. The summed E-state index contributed by atoms with van der Waals surface area (Å²) in [4.78, 5) is 13.9. The minimum absolute atomic E-state index is 0.142. The Morgan fingerprint density at radius 1 is 1.45 bits per heavy atom. The first-order valence-corrected chi connectivity index (χ1v) is 7.54. The Bertz CT molecular complexity index is 636. The molecule has 0 aliphatic rings. The number of hydrogen-bond acceptors (Lipinski definition) is 3. The molecule has 0 fully saturated rings. The Balaban J connectivity index is 2.15. The van der Waals surface area contributed by atoms with Crippen molar-refractivity contribution in [3.05, 3.63) is 32.4 Å². The Morgan fingerprint density at radius 3 is 2.65 bits per heavy atom. The average molecular weight is 408 g/mol. The highest BCUT2D eigenvalue weighted by Crippen LogP contribution is 2.17. The Hall–Kier alpha value is -1.09. The van der Waals surface area contributed by atoms with Crippen LogP contribution in [0.3, 0.4) is 0 Å². The van der Waals surface area contributed by atoms with Crippen molar-refractivity contribution in [3.63, 3.8) is 0 Å². The van der Waals surface area contributed by atoms with E-state index in [1.165, 1.54) is 0 Å². The van der Waals surface area contributed by atoms with E-state index in [1.807, 2.05) is 6.92 Å². The van der Waals surface area contributed by atoms with E-state index in [2.05, 4.69) is 32.8 Å². The van der Waals surface area contributed by atoms with Gasteiger partial charge in [0.05, 0.1) is 15.1 Å². The van der Waals surface area contributed by atoms with Crippen LogP contribution in [0.5, 0.6) is 0 Å². The molecular weight excluding hydrogens is 393 g/mol. The number of amides is 1. The molecule has 2 aromatic heterocycles. The van der Waals surface area contributed by atoms with Gasteiger partial charge in [0.15, 0.2) is 5.69 Å². The first-order chi connectivity index (χ1) is 9.42. The SMILES string of the molecule is CCn1cc(Cl)c(CN(C)C(=O)c2nn(C)cc2I)n1. The standard InChI is InChI=1S/C12H15ClIN5O/c1-4-19-5-8(13)10(15-19)7-17(2)12(20)11-9(14)6-18(3)16-11/h5-6H,4,7H2,1-3H3. The summed E-state index contributed by atoms with van der Waals surface area (Å²) in [6.45, 7) is 3.09. The third kappa shape index (κ3) is 3.14. The maximum atomic E-state index is 12.3. The monoisotopic (exact) mass is 407 g/mol. The van der Waals surface area contributed by atoms with E-state index in [1.54, 1.807) is 40.8 Å². The van der Waals surface area contributed by atoms with E-state index in [0.717, 1.165) is 10.1 Å². The van der Waals surface area contributed by atoms with Gasteiger partial charge in [-0.25, -0.2) is 0 Å². The van der Waals surface area contributed by atoms with E-state index in [0.29, 0.717) is 23.0 Å². The molecule has 0 bridgehead atoms. The molecule has 108 valence electrons. The Labute approximate surface area is 135 Å². The summed E-state index contributed by atoms with van der Waals surface area (Å²) in [6.07, 6.45) is 3.57. The second kappa shape index (κ2) is 6.13. The topological polar surface area (TPSA) is 56.0 Å². The molecule has 20 heavy (non-hydrogen) atoms. The molecule has 0 saturated carbocycles.